The van der Waals surface area contributed by atoms with Crippen LogP contribution in [0.15, 0.2) is 67.2 Å². The van der Waals surface area contributed by atoms with E-state index in [2.05, 4.69) is 11.9 Å². The standard InChI is InChI=1S/C20H17NO2/c1-13(2)14-6-8-16(9-7-14)20(23)21-17-11-10-15-4-3-5-19(22)18(15)12-17/h3-12,22H,1H2,2H3,(H,21,23). The molecule has 0 atom stereocenters. The van der Waals surface area contributed by atoms with Gasteiger partial charge in [-0.3, -0.25) is 4.79 Å². The van der Waals surface area contributed by atoms with Crippen molar-refractivity contribution in [1.29, 1.82) is 0 Å². The Bertz CT molecular complexity index is 895. The van der Waals surface area contributed by atoms with Gasteiger partial charge in [-0.1, -0.05) is 42.5 Å². The van der Waals surface area contributed by atoms with Crippen molar-refractivity contribution >= 4 is 27.9 Å². The maximum absolute atomic E-state index is 12.3. The van der Waals surface area contributed by atoms with Gasteiger partial charge in [0.2, 0.25) is 0 Å². The number of hydrogen-bond donors (Lipinski definition) is 2. The van der Waals surface area contributed by atoms with Gasteiger partial charge >= 0.3 is 0 Å². The molecule has 0 unspecified atom stereocenters. The molecule has 0 heterocycles. The van der Waals surface area contributed by atoms with Crippen LogP contribution in [-0.4, -0.2) is 11.0 Å². The molecule has 3 rings (SSSR count). The summed E-state index contributed by atoms with van der Waals surface area (Å²) in [5.41, 5.74) is 3.19. The van der Waals surface area contributed by atoms with Crippen molar-refractivity contribution in [3.63, 3.8) is 0 Å². The zero-order valence-electron chi connectivity index (χ0n) is 12.8. The van der Waals surface area contributed by atoms with Gasteiger partial charge in [0.25, 0.3) is 5.91 Å². The Morgan fingerprint density at radius 2 is 1.70 bits per heavy atom. The molecule has 2 N–H and O–H groups in total. The normalized spacial score (nSPS) is 10.5. The SMILES string of the molecule is C=C(C)c1ccc(C(=O)Nc2ccc3cccc(O)c3c2)cc1. The number of allylic oxidation sites excluding steroid dienone is 1. The molecule has 114 valence electrons. The minimum absolute atomic E-state index is 0.187. The molecular formula is C20H17NO2. The fraction of sp³-hybridized carbons (Fsp3) is 0.0500. The number of anilines is 1. The third-order valence-electron chi connectivity index (χ3n) is 3.76. The second kappa shape index (κ2) is 5.97. The second-order valence-corrected chi connectivity index (χ2v) is 5.52. The van der Waals surface area contributed by atoms with Crippen molar-refractivity contribution < 1.29 is 9.90 Å². The molecule has 0 saturated heterocycles. The third kappa shape index (κ3) is 3.09. The molecule has 3 aromatic rings. The summed E-state index contributed by atoms with van der Waals surface area (Å²) in [4.78, 5) is 12.3. The number of fused-ring (bicyclic) bond motifs is 1. The molecule has 0 aliphatic carbocycles. The number of phenols is 1. The third-order valence-corrected chi connectivity index (χ3v) is 3.76. The first-order valence-corrected chi connectivity index (χ1v) is 7.33. The van der Waals surface area contributed by atoms with Crippen LogP contribution in [-0.2, 0) is 0 Å². The maximum Gasteiger partial charge on any atom is 0.255 e. The van der Waals surface area contributed by atoms with E-state index in [-0.39, 0.29) is 11.7 Å². The number of phenolic OH excluding ortho intramolecular Hbond substituents is 1. The van der Waals surface area contributed by atoms with Crippen LogP contribution in [0.4, 0.5) is 5.69 Å². The maximum atomic E-state index is 12.3. The summed E-state index contributed by atoms with van der Waals surface area (Å²) < 4.78 is 0. The lowest BCUT2D eigenvalue weighted by molar-refractivity contribution is 0.102. The number of carbonyl (C=O) groups excluding carboxylic acids is 1. The highest BCUT2D eigenvalue weighted by atomic mass is 16.3. The van der Waals surface area contributed by atoms with E-state index in [4.69, 9.17) is 0 Å². The van der Waals surface area contributed by atoms with Crippen molar-refractivity contribution in [1.82, 2.24) is 0 Å². The van der Waals surface area contributed by atoms with Crippen LogP contribution in [0.1, 0.15) is 22.8 Å². The Hall–Kier alpha value is -3.07. The minimum Gasteiger partial charge on any atom is -0.507 e. The Labute approximate surface area is 134 Å². The van der Waals surface area contributed by atoms with Crippen LogP contribution in [0.3, 0.4) is 0 Å². The van der Waals surface area contributed by atoms with Crippen LogP contribution < -0.4 is 5.32 Å². The molecule has 0 aliphatic heterocycles. The van der Waals surface area contributed by atoms with Crippen molar-refractivity contribution in [2.24, 2.45) is 0 Å². The van der Waals surface area contributed by atoms with Crippen LogP contribution >= 0.6 is 0 Å². The molecule has 0 fully saturated rings. The van der Waals surface area contributed by atoms with Crippen LogP contribution in [0, 0.1) is 0 Å². The van der Waals surface area contributed by atoms with Crippen molar-refractivity contribution in [2.75, 3.05) is 5.32 Å². The number of carbonyl (C=O) groups is 1. The van der Waals surface area contributed by atoms with E-state index in [0.717, 1.165) is 16.5 Å². The van der Waals surface area contributed by atoms with Gasteiger partial charge in [0, 0.05) is 16.6 Å². The van der Waals surface area contributed by atoms with E-state index in [0.29, 0.717) is 16.6 Å². The monoisotopic (exact) mass is 303 g/mol. The van der Waals surface area contributed by atoms with Gasteiger partial charge in [-0.2, -0.15) is 0 Å². The first-order chi connectivity index (χ1) is 11.0. The van der Waals surface area contributed by atoms with Crippen LogP contribution in [0.2, 0.25) is 0 Å². The van der Waals surface area contributed by atoms with Crippen molar-refractivity contribution in [3.8, 4) is 5.75 Å². The van der Waals surface area contributed by atoms with E-state index < -0.39 is 0 Å². The molecule has 3 aromatic carbocycles. The molecule has 0 aliphatic rings. The Morgan fingerprint density at radius 3 is 2.39 bits per heavy atom. The average Bonchev–Trinajstić information content (AvgIpc) is 2.55. The average molecular weight is 303 g/mol. The Morgan fingerprint density at radius 1 is 1.00 bits per heavy atom. The zero-order chi connectivity index (χ0) is 16.4. The van der Waals surface area contributed by atoms with Crippen molar-refractivity contribution in [2.45, 2.75) is 6.92 Å². The lowest BCUT2D eigenvalue weighted by Crippen LogP contribution is -2.11. The molecule has 0 radical (unpaired) electrons. The summed E-state index contributed by atoms with van der Waals surface area (Å²) in [6.45, 7) is 5.81. The number of hydrogen-bond acceptors (Lipinski definition) is 2. The number of benzene rings is 3. The van der Waals surface area contributed by atoms with Gasteiger partial charge in [0.1, 0.15) is 5.75 Å². The van der Waals surface area contributed by atoms with Crippen LogP contribution in [0.25, 0.3) is 16.3 Å². The molecule has 0 spiro atoms. The second-order valence-electron chi connectivity index (χ2n) is 5.52. The lowest BCUT2D eigenvalue weighted by atomic mass is 10.1. The molecule has 0 bridgehead atoms. The Balaban J connectivity index is 1.85. The molecule has 0 saturated carbocycles. The Kier molecular flexibility index (Phi) is 3.85. The molecular weight excluding hydrogens is 286 g/mol. The first kappa shape index (κ1) is 14.9. The summed E-state index contributed by atoms with van der Waals surface area (Å²) in [6.07, 6.45) is 0. The summed E-state index contributed by atoms with van der Waals surface area (Å²) in [5.74, 6) is 0.0115. The largest absolute Gasteiger partial charge is 0.507 e. The molecule has 3 nitrogen and oxygen atoms in total. The summed E-state index contributed by atoms with van der Waals surface area (Å²) >= 11 is 0. The minimum atomic E-state index is -0.187. The molecule has 23 heavy (non-hydrogen) atoms. The van der Waals surface area contributed by atoms with E-state index in [1.165, 1.54) is 0 Å². The van der Waals surface area contributed by atoms with Gasteiger partial charge in [-0.05, 0) is 48.2 Å². The summed E-state index contributed by atoms with van der Waals surface area (Å²) in [5, 5.41) is 14.4. The highest BCUT2D eigenvalue weighted by molar-refractivity contribution is 6.05. The molecule has 3 heteroatoms. The lowest BCUT2D eigenvalue weighted by Gasteiger charge is -2.08. The summed E-state index contributed by atoms with van der Waals surface area (Å²) in [6, 6.07) is 18.1. The predicted octanol–water partition coefficient (Wildman–Crippen LogP) is 4.83. The number of nitrogens with one attached hydrogen (secondary N) is 1. The molecule has 1 amide bonds. The van der Waals surface area contributed by atoms with E-state index in [9.17, 15) is 9.90 Å². The fourth-order valence-electron chi connectivity index (χ4n) is 2.44. The topological polar surface area (TPSA) is 49.3 Å². The summed E-state index contributed by atoms with van der Waals surface area (Å²) in [7, 11) is 0. The van der Waals surface area contributed by atoms with Gasteiger partial charge in [0.05, 0.1) is 0 Å². The molecule has 0 aromatic heterocycles. The van der Waals surface area contributed by atoms with Crippen LogP contribution in [0.5, 0.6) is 5.75 Å². The van der Waals surface area contributed by atoms with Crippen molar-refractivity contribution in [3.05, 3.63) is 78.4 Å². The first-order valence-electron chi connectivity index (χ1n) is 7.33. The zero-order valence-corrected chi connectivity index (χ0v) is 12.8. The number of rotatable bonds is 3. The van der Waals surface area contributed by atoms with E-state index >= 15 is 0 Å². The van der Waals surface area contributed by atoms with Gasteiger partial charge < -0.3 is 10.4 Å². The highest BCUT2D eigenvalue weighted by Gasteiger charge is 2.07. The predicted molar refractivity (Wildman–Crippen MR) is 94.7 cm³/mol. The number of amides is 1. The van der Waals surface area contributed by atoms with E-state index in [1.54, 1.807) is 30.3 Å². The number of aromatic hydroxyl groups is 1. The van der Waals surface area contributed by atoms with Gasteiger partial charge in [-0.15, -0.1) is 0 Å². The highest BCUT2D eigenvalue weighted by Crippen LogP contribution is 2.27. The quantitative estimate of drug-likeness (QED) is 0.728. The van der Waals surface area contributed by atoms with E-state index in [1.807, 2.05) is 37.3 Å². The fourth-order valence-corrected chi connectivity index (χ4v) is 2.44. The van der Waals surface area contributed by atoms with Gasteiger partial charge in [0.15, 0.2) is 0 Å². The van der Waals surface area contributed by atoms with Gasteiger partial charge in [-0.25, -0.2) is 0 Å². The smallest absolute Gasteiger partial charge is 0.255 e.